The molecule has 0 radical (unpaired) electrons. The Bertz CT molecular complexity index is 391. The Morgan fingerprint density at radius 2 is 2.26 bits per heavy atom. The molecule has 0 amide bonds. The van der Waals surface area contributed by atoms with Crippen molar-refractivity contribution >= 4 is 5.82 Å². The highest BCUT2D eigenvalue weighted by molar-refractivity contribution is 5.40. The van der Waals surface area contributed by atoms with Gasteiger partial charge in [0, 0.05) is 32.4 Å². The van der Waals surface area contributed by atoms with Crippen LogP contribution in [0.3, 0.4) is 0 Å². The number of ether oxygens (including phenoxy) is 1. The summed E-state index contributed by atoms with van der Waals surface area (Å²) in [5.74, 6) is 1.02. The van der Waals surface area contributed by atoms with Gasteiger partial charge in [0.25, 0.3) is 0 Å². The summed E-state index contributed by atoms with van der Waals surface area (Å²) in [5, 5.41) is 3.40. The van der Waals surface area contributed by atoms with Gasteiger partial charge in [0.1, 0.15) is 5.82 Å². The van der Waals surface area contributed by atoms with Gasteiger partial charge in [-0.3, -0.25) is 0 Å². The summed E-state index contributed by atoms with van der Waals surface area (Å²) >= 11 is 0. The molecular weight excluding hydrogens is 238 g/mol. The Labute approximate surface area is 116 Å². The van der Waals surface area contributed by atoms with Crippen LogP contribution in [0, 0.1) is 0 Å². The SMILES string of the molecule is CC(C)NCc1ccc(N(C)C2CCOC2C)nc1. The van der Waals surface area contributed by atoms with Gasteiger partial charge in [0.05, 0.1) is 12.1 Å². The largest absolute Gasteiger partial charge is 0.376 e. The average Bonchev–Trinajstić information content (AvgIpc) is 2.82. The molecule has 1 N–H and O–H groups in total. The molecule has 106 valence electrons. The van der Waals surface area contributed by atoms with Crippen LogP contribution in [0.25, 0.3) is 0 Å². The van der Waals surface area contributed by atoms with E-state index in [1.54, 1.807) is 0 Å². The van der Waals surface area contributed by atoms with Crippen LogP contribution in [0.4, 0.5) is 5.82 Å². The first-order valence-electron chi connectivity index (χ1n) is 7.10. The van der Waals surface area contributed by atoms with Gasteiger partial charge in [0.2, 0.25) is 0 Å². The van der Waals surface area contributed by atoms with Gasteiger partial charge in [-0.1, -0.05) is 19.9 Å². The van der Waals surface area contributed by atoms with E-state index < -0.39 is 0 Å². The molecule has 1 fully saturated rings. The fraction of sp³-hybridized carbons (Fsp3) is 0.667. The van der Waals surface area contributed by atoms with Gasteiger partial charge in [-0.2, -0.15) is 0 Å². The smallest absolute Gasteiger partial charge is 0.128 e. The van der Waals surface area contributed by atoms with Crippen LogP contribution < -0.4 is 10.2 Å². The number of nitrogens with one attached hydrogen (secondary N) is 1. The Hall–Kier alpha value is -1.13. The Kier molecular flexibility index (Phi) is 4.77. The summed E-state index contributed by atoms with van der Waals surface area (Å²) in [4.78, 5) is 6.80. The highest BCUT2D eigenvalue weighted by atomic mass is 16.5. The van der Waals surface area contributed by atoms with Crippen molar-refractivity contribution in [2.45, 2.75) is 51.9 Å². The Morgan fingerprint density at radius 3 is 2.79 bits per heavy atom. The van der Waals surface area contributed by atoms with Crippen molar-refractivity contribution in [2.75, 3.05) is 18.6 Å². The number of nitrogens with zero attached hydrogens (tertiary/aromatic N) is 2. The van der Waals surface area contributed by atoms with E-state index >= 15 is 0 Å². The highest BCUT2D eigenvalue weighted by Crippen LogP contribution is 2.22. The van der Waals surface area contributed by atoms with E-state index in [4.69, 9.17) is 4.74 Å². The minimum absolute atomic E-state index is 0.286. The molecule has 2 unspecified atom stereocenters. The Balaban J connectivity index is 1.97. The molecule has 0 spiro atoms. The average molecular weight is 263 g/mol. The third kappa shape index (κ3) is 3.67. The van der Waals surface area contributed by atoms with E-state index in [0.717, 1.165) is 25.4 Å². The van der Waals surface area contributed by atoms with E-state index in [-0.39, 0.29) is 6.10 Å². The van der Waals surface area contributed by atoms with Crippen molar-refractivity contribution in [3.8, 4) is 0 Å². The fourth-order valence-corrected chi connectivity index (χ4v) is 2.45. The first kappa shape index (κ1) is 14.3. The predicted octanol–water partition coefficient (Wildman–Crippen LogP) is 2.19. The third-order valence-electron chi connectivity index (χ3n) is 3.72. The summed E-state index contributed by atoms with van der Waals surface area (Å²) in [5.41, 5.74) is 1.22. The summed E-state index contributed by atoms with van der Waals surface area (Å²) in [6.07, 6.45) is 3.33. The second-order valence-corrected chi connectivity index (χ2v) is 5.60. The highest BCUT2D eigenvalue weighted by Gasteiger charge is 2.28. The lowest BCUT2D eigenvalue weighted by atomic mass is 10.1. The zero-order valence-electron chi connectivity index (χ0n) is 12.4. The summed E-state index contributed by atoms with van der Waals surface area (Å²) in [6.45, 7) is 8.16. The van der Waals surface area contributed by atoms with Gasteiger partial charge in [-0.25, -0.2) is 4.98 Å². The van der Waals surface area contributed by atoms with Crippen LogP contribution in [0.2, 0.25) is 0 Å². The van der Waals surface area contributed by atoms with Crippen LogP contribution in [0.15, 0.2) is 18.3 Å². The van der Waals surface area contributed by atoms with Crippen LogP contribution in [-0.4, -0.2) is 36.8 Å². The van der Waals surface area contributed by atoms with Gasteiger partial charge >= 0.3 is 0 Å². The molecular formula is C15H25N3O. The number of likely N-dealkylation sites (N-methyl/N-ethyl adjacent to an activating group) is 1. The molecule has 1 saturated heterocycles. The third-order valence-corrected chi connectivity index (χ3v) is 3.72. The van der Waals surface area contributed by atoms with Crippen molar-refractivity contribution in [2.24, 2.45) is 0 Å². The zero-order chi connectivity index (χ0) is 13.8. The van der Waals surface area contributed by atoms with Crippen molar-refractivity contribution < 1.29 is 4.74 Å². The van der Waals surface area contributed by atoms with E-state index in [0.29, 0.717) is 12.1 Å². The molecule has 4 nitrogen and oxygen atoms in total. The lowest BCUT2D eigenvalue weighted by Crippen LogP contribution is -2.37. The van der Waals surface area contributed by atoms with Gasteiger partial charge in [0.15, 0.2) is 0 Å². The second kappa shape index (κ2) is 6.35. The molecule has 4 heteroatoms. The van der Waals surface area contributed by atoms with Crippen LogP contribution in [-0.2, 0) is 11.3 Å². The van der Waals surface area contributed by atoms with Gasteiger partial charge in [-0.15, -0.1) is 0 Å². The molecule has 0 aliphatic carbocycles. The van der Waals surface area contributed by atoms with E-state index in [1.165, 1.54) is 5.56 Å². The number of aromatic nitrogens is 1. The molecule has 2 rings (SSSR count). The number of anilines is 1. The molecule has 2 atom stereocenters. The van der Waals surface area contributed by atoms with Crippen LogP contribution >= 0.6 is 0 Å². The quantitative estimate of drug-likeness (QED) is 0.883. The minimum atomic E-state index is 0.286. The molecule has 19 heavy (non-hydrogen) atoms. The summed E-state index contributed by atoms with van der Waals surface area (Å²) in [7, 11) is 2.10. The topological polar surface area (TPSA) is 37.4 Å². The fourth-order valence-electron chi connectivity index (χ4n) is 2.45. The molecule has 1 aliphatic rings. The zero-order valence-corrected chi connectivity index (χ0v) is 12.4. The van der Waals surface area contributed by atoms with Crippen molar-refractivity contribution in [3.05, 3.63) is 23.9 Å². The molecule has 0 aromatic carbocycles. The molecule has 0 saturated carbocycles. The monoisotopic (exact) mass is 263 g/mol. The van der Waals surface area contributed by atoms with E-state index in [2.05, 4.69) is 55.2 Å². The lowest BCUT2D eigenvalue weighted by molar-refractivity contribution is 0.118. The lowest BCUT2D eigenvalue weighted by Gasteiger charge is -2.27. The van der Waals surface area contributed by atoms with E-state index in [1.807, 2.05) is 6.20 Å². The molecule has 1 aromatic heterocycles. The standard InChI is InChI=1S/C15H25N3O/c1-11(2)16-9-13-5-6-15(17-10-13)18(4)14-7-8-19-12(14)3/h5-6,10-12,14,16H,7-9H2,1-4H3. The first-order chi connectivity index (χ1) is 9.08. The number of pyridine rings is 1. The Morgan fingerprint density at radius 1 is 1.47 bits per heavy atom. The maximum Gasteiger partial charge on any atom is 0.128 e. The van der Waals surface area contributed by atoms with Gasteiger partial charge < -0.3 is 15.0 Å². The van der Waals surface area contributed by atoms with Crippen molar-refractivity contribution in [1.82, 2.24) is 10.3 Å². The predicted molar refractivity (Wildman–Crippen MR) is 78.4 cm³/mol. The van der Waals surface area contributed by atoms with Crippen molar-refractivity contribution in [1.29, 1.82) is 0 Å². The molecule has 1 aliphatic heterocycles. The maximum atomic E-state index is 5.62. The summed E-state index contributed by atoms with van der Waals surface area (Å²) < 4.78 is 5.62. The second-order valence-electron chi connectivity index (χ2n) is 5.60. The normalized spacial score (nSPS) is 23.0. The maximum absolute atomic E-state index is 5.62. The first-order valence-corrected chi connectivity index (χ1v) is 7.10. The van der Waals surface area contributed by atoms with Crippen LogP contribution in [0.5, 0.6) is 0 Å². The molecule has 2 heterocycles. The minimum Gasteiger partial charge on any atom is -0.376 e. The molecule has 1 aromatic rings. The molecule has 0 bridgehead atoms. The number of rotatable bonds is 5. The summed E-state index contributed by atoms with van der Waals surface area (Å²) in [6, 6.07) is 5.18. The van der Waals surface area contributed by atoms with Crippen molar-refractivity contribution in [3.63, 3.8) is 0 Å². The van der Waals surface area contributed by atoms with Crippen LogP contribution in [0.1, 0.15) is 32.8 Å². The number of hydrogen-bond donors (Lipinski definition) is 1. The number of hydrogen-bond acceptors (Lipinski definition) is 4. The van der Waals surface area contributed by atoms with Gasteiger partial charge in [-0.05, 0) is 25.0 Å². The van der Waals surface area contributed by atoms with E-state index in [9.17, 15) is 0 Å².